The quantitative estimate of drug-likeness (QED) is 0.468. The number of rotatable bonds is 5. The second-order valence-electron chi connectivity index (χ2n) is 7.63. The summed E-state index contributed by atoms with van der Waals surface area (Å²) >= 11 is 3.16. The molecular formula is C23H23N3O3S2. The van der Waals surface area contributed by atoms with Gasteiger partial charge in [-0.05, 0) is 48.1 Å². The van der Waals surface area contributed by atoms with Crippen LogP contribution in [0.1, 0.15) is 29.9 Å². The highest BCUT2D eigenvalue weighted by atomic mass is 32.1. The first kappa shape index (κ1) is 20.2. The number of methoxy groups -OCH3 is 2. The van der Waals surface area contributed by atoms with E-state index in [1.54, 1.807) is 25.6 Å². The molecule has 1 aromatic carbocycles. The van der Waals surface area contributed by atoms with Crippen molar-refractivity contribution in [2.45, 2.75) is 25.9 Å². The van der Waals surface area contributed by atoms with E-state index in [2.05, 4.69) is 28.9 Å². The summed E-state index contributed by atoms with van der Waals surface area (Å²) in [5.74, 6) is 2.21. The lowest BCUT2D eigenvalue weighted by atomic mass is 9.97. The SMILES string of the molecule is COc1cc2c(cc1OC)CN([C@H](C)c1nc3scc(-c4cccs4)c3c(=O)[nH]1)CC2. The van der Waals surface area contributed by atoms with E-state index in [0.29, 0.717) is 11.2 Å². The Bertz CT molecular complexity index is 1290. The average molecular weight is 454 g/mol. The molecular weight excluding hydrogens is 430 g/mol. The van der Waals surface area contributed by atoms with Gasteiger partial charge in [0.2, 0.25) is 0 Å². The molecule has 0 saturated carbocycles. The van der Waals surface area contributed by atoms with Crippen LogP contribution >= 0.6 is 22.7 Å². The van der Waals surface area contributed by atoms with Gasteiger partial charge < -0.3 is 14.5 Å². The Morgan fingerprint density at radius 3 is 2.65 bits per heavy atom. The van der Waals surface area contributed by atoms with Gasteiger partial charge in [-0.2, -0.15) is 0 Å². The Morgan fingerprint density at radius 2 is 1.94 bits per heavy atom. The van der Waals surface area contributed by atoms with Gasteiger partial charge in [-0.25, -0.2) is 4.98 Å². The van der Waals surface area contributed by atoms with Crippen molar-refractivity contribution in [1.29, 1.82) is 0 Å². The molecule has 0 fully saturated rings. The molecule has 8 heteroatoms. The van der Waals surface area contributed by atoms with Gasteiger partial charge in [0.15, 0.2) is 11.5 Å². The number of aromatic nitrogens is 2. The van der Waals surface area contributed by atoms with Crippen molar-refractivity contribution in [2.75, 3.05) is 20.8 Å². The van der Waals surface area contributed by atoms with E-state index in [9.17, 15) is 4.79 Å². The van der Waals surface area contributed by atoms with Crippen molar-refractivity contribution >= 4 is 32.9 Å². The molecule has 0 amide bonds. The minimum absolute atomic E-state index is 0.00867. The van der Waals surface area contributed by atoms with Crippen LogP contribution in [0.4, 0.5) is 0 Å². The highest BCUT2D eigenvalue weighted by Crippen LogP contribution is 2.36. The molecule has 5 rings (SSSR count). The van der Waals surface area contributed by atoms with Crippen molar-refractivity contribution in [3.8, 4) is 21.9 Å². The summed E-state index contributed by atoms with van der Waals surface area (Å²) in [5, 5.41) is 4.74. The Hall–Kier alpha value is -2.68. The van der Waals surface area contributed by atoms with Crippen LogP contribution in [0.15, 0.2) is 39.8 Å². The smallest absolute Gasteiger partial charge is 0.260 e. The summed E-state index contributed by atoms with van der Waals surface area (Å²) in [6.45, 7) is 3.75. The molecule has 0 unspecified atom stereocenters. The van der Waals surface area contributed by atoms with E-state index in [1.165, 1.54) is 22.5 Å². The Morgan fingerprint density at radius 1 is 1.16 bits per heavy atom. The molecule has 3 aromatic heterocycles. The molecule has 1 aliphatic heterocycles. The van der Waals surface area contributed by atoms with Gasteiger partial charge >= 0.3 is 0 Å². The number of hydrogen-bond donors (Lipinski definition) is 1. The number of benzene rings is 1. The van der Waals surface area contributed by atoms with Gasteiger partial charge in [-0.1, -0.05) is 6.07 Å². The lowest BCUT2D eigenvalue weighted by Gasteiger charge is -2.33. The number of nitrogens with zero attached hydrogens (tertiary/aromatic N) is 2. The van der Waals surface area contributed by atoms with Gasteiger partial charge in [-0.15, -0.1) is 22.7 Å². The van der Waals surface area contributed by atoms with Gasteiger partial charge in [-0.3, -0.25) is 9.69 Å². The number of H-pyrrole nitrogens is 1. The lowest BCUT2D eigenvalue weighted by molar-refractivity contribution is 0.184. The van der Waals surface area contributed by atoms with Gasteiger partial charge in [0.05, 0.1) is 25.6 Å². The largest absolute Gasteiger partial charge is 0.493 e. The summed E-state index contributed by atoms with van der Waals surface area (Å²) in [4.78, 5) is 25.1. The van der Waals surface area contributed by atoms with Crippen LogP contribution in [-0.2, 0) is 13.0 Å². The zero-order valence-corrected chi connectivity index (χ0v) is 19.2. The van der Waals surface area contributed by atoms with Crippen LogP contribution in [0, 0.1) is 0 Å². The summed E-state index contributed by atoms with van der Waals surface area (Å²) in [5.41, 5.74) is 3.39. The number of aromatic amines is 1. The molecule has 0 bridgehead atoms. The maximum absolute atomic E-state index is 13.0. The van der Waals surface area contributed by atoms with Crippen LogP contribution in [0.3, 0.4) is 0 Å². The fourth-order valence-corrected chi connectivity index (χ4v) is 5.95. The third-order valence-corrected chi connectivity index (χ3v) is 7.72. The topological polar surface area (TPSA) is 67.5 Å². The summed E-state index contributed by atoms with van der Waals surface area (Å²) in [7, 11) is 3.32. The zero-order valence-electron chi connectivity index (χ0n) is 17.6. The molecule has 4 heterocycles. The predicted molar refractivity (Wildman–Crippen MR) is 126 cm³/mol. The van der Waals surface area contributed by atoms with E-state index >= 15 is 0 Å². The molecule has 0 aliphatic carbocycles. The first-order valence-electron chi connectivity index (χ1n) is 10.1. The van der Waals surface area contributed by atoms with E-state index in [1.807, 2.05) is 22.9 Å². The minimum Gasteiger partial charge on any atom is -0.493 e. The second-order valence-corrected chi connectivity index (χ2v) is 9.44. The van der Waals surface area contributed by atoms with Crippen LogP contribution in [0.5, 0.6) is 11.5 Å². The van der Waals surface area contributed by atoms with E-state index in [0.717, 1.165) is 46.3 Å². The fourth-order valence-electron chi connectivity index (χ4n) is 4.19. The lowest BCUT2D eigenvalue weighted by Crippen LogP contribution is -2.34. The highest BCUT2D eigenvalue weighted by Gasteiger charge is 2.26. The summed E-state index contributed by atoms with van der Waals surface area (Å²) in [6, 6.07) is 8.15. The predicted octanol–water partition coefficient (Wildman–Crippen LogP) is 4.85. The summed E-state index contributed by atoms with van der Waals surface area (Å²) < 4.78 is 10.9. The van der Waals surface area contributed by atoms with Gasteiger partial charge in [0.1, 0.15) is 10.7 Å². The van der Waals surface area contributed by atoms with Gasteiger partial charge in [0, 0.05) is 28.9 Å². The molecule has 0 radical (unpaired) electrons. The van der Waals surface area contributed by atoms with Crippen molar-refractivity contribution in [3.63, 3.8) is 0 Å². The van der Waals surface area contributed by atoms with E-state index in [4.69, 9.17) is 14.5 Å². The monoisotopic (exact) mass is 453 g/mol. The maximum Gasteiger partial charge on any atom is 0.260 e. The van der Waals surface area contributed by atoms with Crippen molar-refractivity contribution in [3.05, 3.63) is 62.3 Å². The molecule has 0 spiro atoms. The second kappa shape index (κ2) is 8.11. The number of ether oxygens (including phenoxy) is 2. The molecule has 4 aromatic rings. The molecule has 1 N–H and O–H groups in total. The van der Waals surface area contributed by atoms with Crippen molar-refractivity contribution < 1.29 is 9.47 Å². The third kappa shape index (κ3) is 3.54. The van der Waals surface area contributed by atoms with Crippen molar-refractivity contribution in [1.82, 2.24) is 14.9 Å². The molecule has 1 aliphatic rings. The zero-order chi connectivity index (χ0) is 21.5. The third-order valence-electron chi connectivity index (χ3n) is 5.94. The number of fused-ring (bicyclic) bond motifs is 2. The van der Waals surface area contributed by atoms with E-state index < -0.39 is 0 Å². The molecule has 160 valence electrons. The summed E-state index contributed by atoms with van der Waals surface area (Å²) in [6.07, 6.45) is 0.911. The maximum atomic E-state index is 13.0. The van der Waals surface area contributed by atoms with Crippen molar-refractivity contribution in [2.24, 2.45) is 0 Å². The Kier molecular flexibility index (Phi) is 5.29. The number of nitrogens with one attached hydrogen (secondary N) is 1. The first-order valence-corrected chi connectivity index (χ1v) is 11.9. The number of thiophene rings is 2. The van der Waals surface area contributed by atoms with Crippen LogP contribution < -0.4 is 15.0 Å². The molecule has 31 heavy (non-hydrogen) atoms. The first-order chi connectivity index (χ1) is 15.1. The Balaban J connectivity index is 1.46. The highest BCUT2D eigenvalue weighted by molar-refractivity contribution is 7.18. The average Bonchev–Trinajstić information content (AvgIpc) is 3.47. The Labute approximate surface area is 188 Å². The number of hydrogen-bond acceptors (Lipinski definition) is 7. The van der Waals surface area contributed by atoms with E-state index in [-0.39, 0.29) is 11.6 Å². The molecule has 6 nitrogen and oxygen atoms in total. The van der Waals surface area contributed by atoms with Crippen LogP contribution in [0.25, 0.3) is 20.7 Å². The van der Waals surface area contributed by atoms with Crippen LogP contribution in [0.2, 0.25) is 0 Å². The van der Waals surface area contributed by atoms with Gasteiger partial charge in [0.25, 0.3) is 5.56 Å². The normalized spacial score (nSPS) is 15.1. The minimum atomic E-state index is -0.0692. The molecule has 0 saturated heterocycles. The van der Waals surface area contributed by atoms with Crippen LogP contribution in [-0.4, -0.2) is 35.6 Å². The molecule has 1 atom stereocenters. The fraction of sp³-hybridized carbons (Fsp3) is 0.304. The standard InChI is InChI=1S/C23H23N3O3S2/c1-13(26-7-6-14-9-17(28-2)18(29-3)10-15(14)11-26)21-24-22(27)20-16(12-31-23(20)25-21)19-5-4-8-30-19/h4-5,8-10,12-13H,6-7,11H2,1-3H3,(H,24,25,27)/t13-/m1/s1.